The Morgan fingerprint density at radius 1 is 1.23 bits per heavy atom. The third-order valence-electron chi connectivity index (χ3n) is 4.25. The number of aromatic nitrogens is 3. The summed E-state index contributed by atoms with van der Waals surface area (Å²) in [6.07, 6.45) is 2.67. The molecule has 2 aromatic heterocycles. The molecule has 0 fully saturated rings. The highest BCUT2D eigenvalue weighted by Crippen LogP contribution is 2.22. The van der Waals surface area contributed by atoms with E-state index in [1.54, 1.807) is 49.9 Å². The molecule has 160 valence electrons. The number of nitrogens with one attached hydrogen (secondary N) is 1. The number of nitrogens with zero attached hydrogens (tertiary/aromatic N) is 3. The topological polar surface area (TPSA) is 126 Å². The molecule has 0 saturated heterocycles. The third kappa shape index (κ3) is 5.24. The maximum atomic E-state index is 12.2. The highest BCUT2D eigenvalue weighted by molar-refractivity contribution is 7.89. The van der Waals surface area contributed by atoms with Gasteiger partial charge in [-0.3, -0.25) is 4.79 Å². The minimum absolute atomic E-state index is 0.0787. The van der Waals surface area contributed by atoms with Gasteiger partial charge in [0.1, 0.15) is 30.1 Å². The van der Waals surface area contributed by atoms with E-state index in [4.69, 9.17) is 13.9 Å². The highest BCUT2D eigenvalue weighted by Gasteiger charge is 2.18. The minimum atomic E-state index is -3.78. The number of benzene rings is 1. The van der Waals surface area contributed by atoms with Gasteiger partial charge in [0, 0.05) is 25.4 Å². The number of hydrogen-bond donors (Lipinski definition) is 1. The van der Waals surface area contributed by atoms with Gasteiger partial charge in [-0.1, -0.05) is 0 Å². The lowest BCUT2D eigenvalue weighted by Crippen LogP contribution is -2.27. The average molecular weight is 434 g/mol. The molecule has 0 saturated carbocycles. The van der Waals surface area contributed by atoms with E-state index in [-0.39, 0.29) is 24.6 Å². The van der Waals surface area contributed by atoms with Crippen molar-refractivity contribution < 1.29 is 27.1 Å². The quantitative estimate of drug-likeness (QED) is 0.506. The van der Waals surface area contributed by atoms with Gasteiger partial charge in [-0.15, -0.1) is 0 Å². The van der Waals surface area contributed by atoms with Crippen molar-refractivity contribution in [2.45, 2.75) is 25.0 Å². The summed E-state index contributed by atoms with van der Waals surface area (Å²) in [6, 6.07) is 7.17. The fourth-order valence-corrected chi connectivity index (χ4v) is 3.55. The largest absolute Gasteiger partial charge is 0.497 e. The minimum Gasteiger partial charge on any atom is -0.497 e. The number of carbonyl (C=O) groups excluding carboxylic acids is 1. The molecule has 1 N–H and O–H groups in total. The molecule has 11 heteroatoms. The highest BCUT2D eigenvalue weighted by atomic mass is 32.2. The van der Waals surface area contributed by atoms with Crippen molar-refractivity contribution in [2.24, 2.45) is 7.05 Å². The van der Waals surface area contributed by atoms with E-state index in [2.05, 4.69) is 14.7 Å². The van der Waals surface area contributed by atoms with Gasteiger partial charge in [0.25, 0.3) is 10.0 Å². The monoisotopic (exact) mass is 434 g/mol. The SMILES string of the molecule is COc1ccc(-c2nc(COC(=O)CCNS(=O)(=O)c3cn(C)c(C)n3)co2)cc1. The van der Waals surface area contributed by atoms with Crippen molar-refractivity contribution in [1.82, 2.24) is 19.3 Å². The van der Waals surface area contributed by atoms with Crippen molar-refractivity contribution in [3.8, 4) is 17.2 Å². The summed E-state index contributed by atoms with van der Waals surface area (Å²) in [5.74, 6) is 1.11. The van der Waals surface area contributed by atoms with Gasteiger partial charge in [0.2, 0.25) is 5.89 Å². The Kier molecular flexibility index (Phi) is 6.53. The second kappa shape index (κ2) is 9.09. The molecule has 0 aliphatic carbocycles. The smallest absolute Gasteiger partial charge is 0.307 e. The molecule has 0 aliphatic rings. The molecule has 0 spiro atoms. The molecule has 0 aliphatic heterocycles. The average Bonchev–Trinajstić information content (AvgIpc) is 3.33. The van der Waals surface area contributed by atoms with Crippen molar-refractivity contribution in [3.05, 3.63) is 48.2 Å². The van der Waals surface area contributed by atoms with E-state index in [0.717, 1.165) is 5.56 Å². The fraction of sp³-hybridized carbons (Fsp3) is 0.316. The first-order valence-corrected chi connectivity index (χ1v) is 10.5. The second-order valence-corrected chi connectivity index (χ2v) is 8.13. The number of ether oxygens (including phenoxy) is 2. The van der Waals surface area contributed by atoms with E-state index in [1.807, 2.05) is 0 Å². The van der Waals surface area contributed by atoms with Gasteiger partial charge in [0.05, 0.1) is 13.5 Å². The summed E-state index contributed by atoms with van der Waals surface area (Å²) >= 11 is 0. The van der Waals surface area contributed by atoms with Crippen molar-refractivity contribution >= 4 is 16.0 Å². The van der Waals surface area contributed by atoms with Crippen LogP contribution in [0.2, 0.25) is 0 Å². The molecule has 0 unspecified atom stereocenters. The summed E-state index contributed by atoms with van der Waals surface area (Å²) in [6.45, 7) is 1.51. The van der Waals surface area contributed by atoms with Crippen molar-refractivity contribution in [2.75, 3.05) is 13.7 Å². The van der Waals surface area contributed by atoms with Crippen LogP contribution >= 0.6 is 0 Å². The van der Waals surface area contributed by atoms with Crippen LogP contribution in [0.5, 0.6) is 5.75 Å². The Hall–Kier alpha value is -3.18. The number of oxazole rings is 1. The standard InChI is InChI=1S/C19H22N4O6S/c1-13-21-17(10-23(13)2)30(25,26)20-9-8-18(24)28-11-15-12-29-19(22-15)14-4-6-16(27-3)7-5-14/h4-7,10,12,20H,8-9,11H2,1-3H3. The Morgan fingerprint density at radius 3 is 2.60 bits per heavy atom. The molecular formula is C19H22N4O6S. The number of carbonyl (C=O) groups is 1. The van der Waals surface area contributed by atoms with Gasteiger partial charge >= 0.3 is 5.97 Å². The lowest BCUT2D eigenvalue weighted by atomic mass is 10.2. The Labute approximate surface area is 173 Å². The number of rotatable bonds is 9. The van der Waals surface area contributed by atoms with Crippen LogP contribution in [0.4, 0.5) is 0 Å². The van der Waals surface area contributed by atoms with Gasteiger partial charge in [-0.05, 0) is 31.2 Å². The molecular weight excluding hydrogens is 412 g/mol. The molecule has 3 rings (SSSR count). The van der Waals surface area contributed by atoms with Gasteiger partial charge in [-0.25, -0.2) is 23.1 Å². The zero-order valence-electron chi connectivity index (χ0n) is 16.8. The van der Waals surface area contributed by atoms with Crippen LogP contribution in [0.25, 0.3) is 11.5 Å². The van der Waals surface area contributed by atoms with Gasteiger partial charge in [-0.2, -0.15) is 0 Å². The zero-order valence-corrected chi connectivity index (χ0v) is 17.6. The third-order valence-corrected chi connectivity index (χ3v) is 5.58. The summed E-state index contributed by atoms with van der Waals surface area (Å²) in [4.78, 5) is 20.1. The molecule has 1 aromatic carbocycles. The van der Waals surface area contributed by atoms with Crippen LogP contribution in [-0.4, -0.2) is 42.6 Å². The molecule has 3 aromatic rings. The Balaban J connectivity index is 1.46. The van der Waals surface area contributed by atoms with Gasteiger partial charge < -0.3 is 18.5 Å². The summed E-state index contributed by atoms with van der Waals surface area (Å²) in [7, 11) is -0.506. The van der Waals surface area contributed by atoms with Crippen LogP contribution in [0.15, 0.2) is 46.2 Å². The first-order valence-electron chi connectivity index (χ1n) is 9.02. The lowest BCUT2D eigenvalue weighted by molar-refractivity contribution is -0.144. The summed E-state index contributed by atoms with van der Waals surface area (Å²) in [5, 5.41) is -0.0930. The molecule has 0 atom stereocenters. The molecule has 2 heterocycles. The summed E-state index contributed by atoms with van der Waals surface area (Å²) < 4.78 is 43.9. The maximum absolute atomic E-state index is 12.2. The number of esters is 1. The number of sulfonamides is 1. The van der Waals surface area contributed by atoms with Crippen LogP contribution < -0.4 is 9.46 Å². The number of methoxy groups -OCH3 is 1. The van der Waals surface area contributed by atoms with E-state index >= 15 is 0 Å². The van der Waals surface area contributed by atoms with Crippen molar-refractivity contribution in [1.29, 1.82) is 0 Å². The molecule has 30 heavy (non-hydrogen) atoms. The first-order chi connectivity index (χ1) is 14.3. The molecule has 10 nitrogen and oxygen atoms in total. The van der Waals surface area contributed by atoms with E-state index < -0.39 is 16.0 Å². The van der Waals surface area contributed by atoms with Gasteiger partial charge in [0.15, 0.2) is 5.03 Å². The zero-order chi connectivity index (χ0) is 21.7. The number of aryl methyl sites for hydroxylation is 2. The van der Waals surface area contributed by atoms with Crippen LogP contribution in [0, 0.1) is 6.92 Å². The first kappa shape index (κ1) is 21.5. The van der Waals surface area contributed by atoms with Crippen LogP contribution in [0.1, 0.15) is 17.9 Å². The van der Waals surface area contributed by atoms with E-state index in [9.17, 15) is 13.2 Å². The fourth-order valence-electron chi connectivity index (χ4n) is 2.48. The number of imidazole rings is 1. The predicted molar refractivity (Wildman–Crippen MR) is 106 cm³/mol. The molecule has 0 bridgehead atoms. The normalized spacial score (nSPS) is 11.4. The van der Waals surface area contributed by atoms with Crippen LogP contribution in [0.3, 0.4) is 0 Å². The molecule has 0 radical (unpaired) electrons. The number of hydrogen-bond acceptors (Lipinski definition) is 8. The Bertz CT molecular complexity index is 1100. The van der Waals surface area contributed by atoms with Crippen molar-refractivity contribution in [3.63, 3.8) is 0 Å². The lowest BCUT2D eigenvalue weighted by Gasteiger charge is -2.04. The van der Waals surface area contributed by atoms with E-state index in [1.165, 1.54) is 12.5 Å². The molecule has 0 amide bonds. The predicted octanol–water partition coefficient (Wildman–Crippen LogP) is 1.80. The summed E-state index contributed by atoms with van der Waals surface area (Å²) in [5.41, 5.74) is 1.20. The van der Waals surface area contributed by atoms with Crippen LogP contribution in [-0.2, 0) is 33.2 Å². The Morgan fingerprint density at radius 2 is 1.97 bits per heavy atom. The maximum Gasteiger partial charge on any atom is 0.307 e. The van der Waals surface area contributed by atoms with E-state index in [0.29, 0.717) is 23.2 Å². The second-order valence-electron chi connectivity index (χ2n) is 6.42.